The van der Waals surface area contributed by atoms with Crippen LogP contribution in [0.4, 0.5) is 0 Å². The van der Waals surface area contributed by atoms with Crippen LogP contribution in [0.25, 0.3) is 16.9 Å². The summed E-state index contributed by atoms with van der Waals surface area (Å²) in [6.45, 7) is 0.400. The predicted molar refractivity (Wildman–Crippen MR) is 95.7 cm³/mol. The van der Waals surface area contributed by atoms with Crippen LogP contribution in [0, 0.1) is 0 Å². The predicted octanol–water partition coefficient (Wildman–Crippen LogP) is 3.98. The highest BCUT2D eigenvalue weighted by Gasteiger charge is 2.09. The molecule has 0 unspecified atom stereocenters. The molecule has 0 radical (unpaired) electrons. The van der Waals surface area contributed by atoms with Gasteiger partial charge >= 0.3 is 0 Å². The number of methoxy groups -OCH3 is 1. The summed E-state index contributed by atoms with van der Waals surface area (Å²) >= 11 is 0. The van der Waals surface area contributed by atoms with Gasteiger partial charge in [0.1, 0.15) is 18.1 Å². The lowest BCUT2D eigenvalue weighted by atomic mass is 10.1. The summed E-state index contributed by atoms with van der Waals surface area (Å²) < 4.78 is 13.1. The molecule has 25 heavy (non-hydrogen) atoms. The van der Waals surface area contributed by atoms with E-state index in [9.17, 15) is 0 Å². The van der Waals surface area contributed by atoms with Crippen molar-refractivity contribution < 1.29 is 9.47 Å². The summed E-state index contributed by atoms with van der Waals surface area (Å²) in [5.74, 6) is 2.28. The van der Waals surface area contributed by atoms with Gasteiger partial charge in [-0.3, -0.25) is 4.40 Å². The van der Waals surface area contributed by atoms with Gasteiger partial charge in [-0.2, -0.15) is 0 Å². The minimum atomic E-state index is 0.400. The van der Waals surface area contributed by atoms with Crippen molar-refractivity contribution in [1.29, 1.82) is 0 Å². The van der Waals surface area contributed by atoms with Gasteiger partial charge in [0, 0.05) is 29.7 Å². The topological polar surface area (TPSA) is 48.7 Å². The molecule has 0 saturated carbocycles. The molecule has 0 aliphatic rings. The maximum Gasteiger partial charge on any atom is 0.234 e. The first-order valence-corrected chi connectivity index (χ1v) is 7.98. The summed E-state index contributed by atoms with van der Waals surface area (Å²) in [6, 6.07) is 17.6. The molecule has 0 aliphatic carbocycles. The fourth-order valence-electron chi connectivity index (χ4n) is 2.70. The molecule has 0 saturated heterocycles. The SMILES string of the molecule is COc1ccccc1-c1cnc2nc(COc3ccccc3)cn2c1. The highest BCUT2D eigenvalue weighted by atomic mass is 16.5. The van der Waals surface area contributed by atoms with E-state index in [1.165, 1.54) is 0 Å². The molecule has 0 fully saturated rings. The van der Waals surface area contributed by atoms with E-state index in [0.717, 1.165) is 28.3 Å². The van der Waals surface area contributed by atoms with Gasteiger partial charge in [0.25, 0.3) is 0 Å². The highest BCUT2D eigenvalue weighted by molar-refractivity contribution is 5.69. The highest BCUT2D eigenvalue weighted by Crippen LogP contribution is 2.29. The number of rotatable bonds is 5. The molecule has 5 heteroatoms. The van der Waals surface area contributed by atoms with Crippen molar-refractivity contribution in [2.45, 2.75) is 6.61 Å². The molecular weight excluding hydrogens is 314 g/mol. The van der Waals surface area contributed by atoms with E-state index in [1.807, 2.05) is 77.6 Å². The van der Waals surface area contributed by atoms with E-state index >= 15 is 0 Å². The van der Waals surface area contributed by atoms with Crippen LogP contribution in [0.1, 0.15) is 5.69 Å². The van der Waals surface area contributed by atoms with E-state index in [1.54, 1.807) is 7.11 Å². The zero-order valence-corrected chi connectivity index (χ0v) is 13.8. The zero-order chi connectivity index (χ0) is 17.1. The third-order valence-corrected chi connectivity index (χ3v) is 3.91. The molecule has 0 N–H and O–H groups in total. The molecule has 0 aliphatic heterocycles. The molecule has 5 nitrogen and oxygen atoms in total. The number of benzene rings is 2. The summed E-state index contributed by atoms with van der Waals surface area (Å²) in [4.78, 5) is 8.95. The fourth-order valence-corrected chi connectivity index (χ4v) is 2.70. The number of hydrogen-bond donors (Lipinski definition) is 0. The third-order valence-electron chi connectivity index (χ3n) is 3.91. The number of para-hydroxylation sites is 2. The van der Waals surface area contributed by atoms with Crippen molar-refractivity contribution in [2.75, 3.05) is 7.11 Å². The van der Waals surface area contributed by atoms with Crippen molar-refractivity contribution in [3.8, 4) is 22.6 Å². The zero-order valence-electron chi connectivity index (χ0n) is 13.8. The maximum absolute atomic E-state index is 5.75. The number of nitrogens with zero attached hydrogens (tertiary/aromatic N) is 3. The number of ether oxygens (including phenoxy) is 2. The Morgan fingerprint density at radius 3 is 2.60 bits per heavy atom. The number of hydrogen-bond acceptors (Lipinski definition) is 4. The summed E-state index contributed by atoms with van der Waals surface area (Å²) in [5.41, 5.74) is 2.79. The lowest BCUT2D eigenvalue weighted by Crippen LogP contribution is -1.94. The second-order valence-electron chi connectivity index (χ2n) is 5.58. The Morgan fingerprint density at radius 1 is 0.960 bits per heavy atom. The van der Waals surface area contributed by atoms with Gasteiger partial charge in [-0.1, -0.05) is 36.4 Å². The molecule has 0 amide bonds. The van der Waals surface area contributed by atoms with Crippen LogP contribution in [0.5, 0.6) is 11.5 Å². The Balaban J connectivity index is 1.61. The maximum atomic E-state index is 5.75. The molecule has 2 aromatic heterocycles. The first-order valence-electron chi connectivity index (χ1n) is 7.98. The molecule has 4 rings (SSSR count). The fraction of sp³-hybridized carbons (Fsp3) is 0.100. The monoisotopic (exact) mass is 331 g/mol. The average molecular weight is 331 g/mol. The second kappa shape index (κ2) is 6.65. The van der Waals surface area contributed by atoms with E-state index in [0.29, 0.717) is 12.4 Å². The van der Waals surface area contributed by atoms with Crippen molar-refractivity contribution in [2.24, 2.45) is 0 Å². The van der Waals surface area contributed by atoms with Gasteiger partial charge in [-0.25, -0.2) is 9.97 Å². The summed E-state index contributed by atoms with van der Waals surface area (Å²) in [5, 5.41) is 0. The van der Waals surface area contributed by atoms with Gasteiger partial charge in [-0.05, 0) is 18.2 Å². The molecule has 124 valence electrons. The molecular formula is C20H17N3O2. The first-order chi connectivity index (χ1) is 12.3. The first kappa shape index (κ1) is 15.2. The van der Waals surface area contributed by atoms with Crippen LogP contribution in [-0.2, 0) is 6.61 Å². The Morgan fingerprint density at radius 2 is 1.76 bits per heavy atom. The van der Waals surface area contributed by atoms with Gasteiger partial charge < -0.3 is 9.47 Å². The number of aromatic nitrogens is 3. The largest absolute Gasteiger partial charge is 0.496 e. The van der Waals surface area contributed by atoms with Gasteiger partial charge in [0.2, 0.25) is 5.78 Å². The molecule has 2 heterocycles. The minimum Gasteiger partial charge on any atom is -0.496 e. The number of imidazole rings is 1. The van der Waals surface area contributed by atoms with Crippen molar-refractivity contribution in [3.05, 3.63) is 78.9 Å². The van der Waals surface area contributed by atoms with Gasteiger partial charge in [0.15, 0.2) is 0 Å². The van der Waals surface area contributed by atoms with Crippen LogP contribution in [0.15, 0.2) is 73.2 Å². The van der Waals surface area contributed by atoms with E-state index in [-0.39, 0.29) is 0 Å². The van der Waals surface area contributed by atoms with E-state index < -0.39 is 0 Å². The second-order valence-corrected chi connectivity index (χ2v) is 5.58. The Bertz CT molecular complexity index is 996. The Labute approximate surface area is 145 Å². The average Bonchev–Trinajstić information content (AvgIpc) is 3.09. The molecule has 2 aromatic carbocycles. The van der Waals surface area contributed by atoms with Crippen molar-refractivity contribution in [3.63, 3.8) is 0 Å². The van der Waals surface area contributed by atoms with E-state index in [4.69, 9.17) is 9.47 Å². The third kappa shape index (κ3) is 3.17. The van der Waals surface area contributed by atoms with E-state index in [2.05, 4.69) is 9.97 Å². The molecule has 0 spiro atoms. The lowest BCUT2D eigenvalue weighted by Gasteiger charge is -2.07. The van der Waals surface area contributed by atoms with Crippen molar-refractivity contribution in [1.82, 2.24) is 14.4 Å². The van der Waals surface area contributed by atoms with Crippen LogP contribution < -0.4 is 9.47 Å². The lowest BCUT2D eigenvalue weighted by molar-refractivity contribution is 0.302. The molecule has 4 aromatic rings. The van der Waals surface area contributed by atoms with Crippen LogP contribution in [0.3, 0.4) is 0 Å². The number of fused-ring (bicyclic) bond motifs is 1. The quantitative estimate of drug-likeness (QED) is 0.555. The summed E-state index contributed by atoms with van der Waals surface area (Å²) in [6.07, 6.45) is 5.74. The Hall–Kier alpha value is -3.34. The normalized spacial score (nSPS) is 10.8. The molecule has 0 bridgehead atoms. The smallest absolute Gasteiger partial charge is 0.234 e. The Kier molecular flexibility index (Phi) is 4.04. The van der Waals surface area contributed by atoms with Gasteiger partial charge in [0.05, 0.1) is 12.8 Å². The standard InChI is InChI=1S/C20H17N3O2/c1-24-19-10-6-5-9-18(19)15-11-21-20-22-16(13-23(20)12-15)14-25-17-7-3-2-4-8-17/h2-13H,14H2,1H3. The van der Waals surface area contributed by atoms with Gasteiger partial charge in [-0.15, -0.1) is 0 Å². The van der Waals surface area contributed by atoms with Crippen LogP contribution in [-0.4, -0.2) is 21.5 Å². The van der Waals surface area contributed by atoms with Crippen LogP contribution >= 0.6 is 0 Å². The minimum absolute atomic E-state index is 0.400. The summed E-state index contributed by atoms with van der Waals surface area (Å²) in [7, 11) is 1.67. The molecule has 0 atom stereocenters. The van der Waals surface area contributed by atoms with Crippen molar-refractivity contribution >= 4 is 5.78 Å². The van der Waals surface area contributed by atoms with Crippen LogP contribution in [0.2, 0.25) is 0 Å².